The second kappa shape index (κ2) is 9.43. The van der Waals surface area contributed by atoms with Crippen molar-refractivity contribution in [2.45, 2.75) is 25.7 Å². The Balaban J connectivity index is 1.99. The van der Waals surface area contributed by atoms with E-state index in [9.17, 15) is 31.1 Å². The van der Waals surface area contributed by atoms with Gasteiger partial charge in [-0.2, -0.15) is 41.3 Å². The van der Waals surface area contributed by atoms with E-state index in [-0.39, 0.29) is 29.7 Å². The van der Waals surface area contributed by atoms with Crippen LogP contribution in [0.5, 0.6) is 6.01 Å². The van der Waals surface area contributed by atoms with Crippen molar-refractivity contribution in [3.05, 3.63) is 59.7 Å². The fourth-order valence-electron chi connectivity index (χ4n) is 2.76. The molecule has 0 saturated heterocycles. The molecule has 0 aliphatic rings. The zero-order chi connectivity index (χ0) is 24.2. The minimum Gasteiger partial charge on any atom is -0.454 e. The second-order valence-electron chi connectivity index (χ2n) is 6.95. The molecule has 0 fully saturated rings. The average molecular weight is 470 g/mol. The predicted octanol–water partition coefficient (Wildman–Crippen LogP) is 5.37. The molecule has 0 aliphatic heterocycles. The van der Waals surface area contributed by atoms with Crippen LogP contribution < -0.4 is 10.1 Å². The minimum absolute atomic E-state index is 0.0472. The van der Waals surface area contributed by atoms with Crippen LogP contribution in [0.25, 0.3) is 11.4 Å². The molecule has 33 heavy (non-hydrogen) atoms. The third-order valence-electron chi connectivity index (χ3n) is 4.06. The standard InChI is InChI=1S/C21H16F6N4O2/c1-12(32)8-13-4-2-5-14(9-13)17-29-18(31-19(30-17)33-11-20(22,23)24)28-16-7-3-6-15(10-16)21(25,26)27/h2-7,9-10H,8,11H2,1H3,(H,28,29,30,31). The summed E-state index contributed by atoms with van der Waals surface area (Å²) in [6, 6.07) is 9.85. The van der Waals surface area contributed by atoms with E-state index >= 15 is 0 Å². The van der Waals surface area contributed by atoms with Crippen LogP contribution in [0.2, 0.25) is 0 Å². The number of carbonyl (C=O) groups excluding carboxylic acids is 1. The van der Waals surface area contributed by atoms with E-state index in [1.807, 2.05) is 0 Å². The van der Waals surface area contributed by atoms with Gasteiger partial charge in [0.2, 0.25) is 5.95 Å². The van der Waals surface area contributed by atoms with Crippen molar-refractivity contribution in [2.75, 3.05) is 11.9 Å². The molecule has 3 aromatic rings. The third-order valence-corrected chi connectivity index (χ3v) is 4.06. The predicted molar refractivity (Wildman–Crippen MR) is 106 cm³/mol. The first-order chi connectivity index (χ1) is 15.4. The van der Waals surface area contributed by atoms with Gasteiger partial charge in [-0.05, 0) is 36.8 Å². The second-order valence-corrected chi connectivity index (χ2v) is 6.95. The highest BCUT2D eigenvalue weighted by atomic mass is 19.4. The van der Waals surface area contributed by atoms with Gasteiger partial charge in [0, 0.05) is 17.7 Å². The molecule has 0 spiro atoms. The van der Waals surface area contributed by atoms with Crippen molar-refractivity contribution >= 4 is 17.4 Å². The highest BCUT2D eigenvalue weighted by Gasteiger charge is 2.31. The van der Waals surface area contributed by atoms with E-state index in [4.69, 9.17) is 0 Å². The fourth-order valence-corrected chi connectivity index (χ4v) is 2.76. The van der Waals surface area contributed by atoms with Crippen molar-refractivity contribution in [3.8, 4) is 17.4 Å². The lowest BCUT2D eigenvalue weighted by Crippen LogP contribution is -2.20. The van der Waals surface area contributed by atoms with Gasteiger partial charge in [-0.1, -0.05) is 24.3 Å². The molecule has 174 valence electrons. The maximum Gasteiger partial charge on any atom is 0.422 e. The summed E-state index contributed by atoms with van der Waals surface area (Å²) in [5.74, 6) is -0.528. The van der Waals surface area contributed by atoms with Crippen molar-refractivity contribution < 1.29 is 35.9 Å². The number of nitrogens with zero attached hydrogens (tertiary/aromatic N) is 3. The number of Topliss-reactive ketones (excluding diaryl/α,β-unsaturated/α-hetero) is 1. The molecule has 0 atom stereocenters. The van der Waals surface area contributed by atoms with E-state index in [1.54, 1.807) is 24.3 Å². The maximum absolute atomic E-state index is 13.0. The van der Waals surface area contributed by atoms with Gasteiger partial charge in [-0.25, -0.2) is 0 Å². The molecule has 12 heteroatoms. The highest BCUT2D eigenvalue weighted by molar-refractivity contribution is 5.78. The Morgan fingerprint density at radius 2 is 1.70 bits per heavy atom. The molecule has 0 aliphatic carbocycles. The number of alkyl halides is 6. The molecule has 0 radical (unpaired) electrons. The number of ketones is 1. The molecule has 0 unspecified atom stereocenters. The molecular formula is C21H16F6N4O2. The summed E-state index contributed by atoms with van der Waals surface area (Å²) in [7, 11) is 0. The molecule has 3 rings (SSSR count). The highest BCUT2D eigenvalue weighted by Crippen LogP contribution is 2.31. The van der Waals surface area contributed by atoms with E-state index in [0.717, 1.165) is 18.2 Å². The molecule has 1 heterocycles. The molecular weight excluding hydrogens is 454 g/mol. The van der Waals surface area contributed by atoms with E-state index in [2.05, 4.69) is 25.0 Å². The zero-order valence-electron chi connectivity index (χ0n) is 17.0. The first-order valence-electron chi connectivity index (χ1n) is 9.38. The van der Waals surface area contributed by atoms with Gasteiger partial charge in [0.15, 0.2) is 12.4 Å². The average Bonchev–Trinajstić information content (AvgIpc) is 2.71. The Morgan fingerprint density at radius 1 is 0.970 bits per heavy atom. The Hall–Kier alpha value is -3.70. The van der Waals surface area contributed by atoms with Gasteiger partial charge >= 0.3 is 18.4 Å². The molecule has 0 saturated carbocycles. The topological polar surface area (TPSA) is 77.0 Å². The van der Waals surface area contributed by atoms with Crippen LogP contribution in [-0.4, -0.2) is 33.5 Å². The molecule has 0 bridgehead atoms. The fraction of sp³-hybridized carbons (Fsp3) is 0.238. The van der Waals surface area contributed by atoms with Crippen LogP contribution in [0, 0.1) is 0 Å². The zero-order valence-corrected chi connectivity index (χ0v) is 17.0. The van der Waals surface area contributed by atoms with Crippen LogP contribution in [0.15, 0.2) is 48.5 Å². The lowest BCUT2D eigenvalue weighted by atomic mass is 10.1. The number of hydrogen-bond acceptors (Lipinski definition) is 6. The van der Waals surface area contributed by atoms with Crippen LogP contribution >= 0.6 is 0 Å². The van der Waals surface area contributed by atoms with Crippen molar-refractivity contribution in [1.29, 1.82) is 0 Å². The Morgan fingerprint density at radius 3 is 2.36 bits per heavy atom. The summed E-state index contributed by atoms with van der Waals surface area (Å²) in [5, 5.41) is 2.53. The van der Waals surface area contributed by atoms with Gasteiger partial charge in [0.05, 0.1) is 5.56 Å². The lowest BCUT2D eigenvalue weighted by Gasteiger charge is -2.12. The maximum atomic E-state index is 13.0. The van der Waals surface area contributed by atoms with Crippen LogP contribution in [0.4, 0.5) is 38.0 Å². The summed E-state index contributed by atoms with van der Waals surface area (Å²) in [4.78, 5) is 23.1. The molecule has 1 N–H and O–H groups in total. The van der Waals surface area contributed by atoms with Crippen molar-refractivity contribution in [3.63, 3.8) is 0 Å². The molecule has 2 aromatic carbocycles. The minimum atomic E-state index is -4.66. The van der Waals surface area contributed by atoms with Gasteiger partial charge in [0.1, 0.15) is 5.78 Å². The summed E-state index contributed by atoms with van der Waals surface area (Å²) in [5.41, 5.74) is -0.0213. The largest absolute Gasteiger partial charge is 0.454 e. The van der Waals surface area contributed by atoms with Gasteiger partial charge in [-0.15, -0.1) is 0 Å². The summed E-state index contributed by atoms with van der Waals surface area (Å²) < 4.78 is 81.3. The molecule has 0 amide bonds. The summed E-state index contributed by atoms with van der Waals surface area (Å²) >= 11 is 0. The number of anilines is 2. The van der Waals surface area contributed by atoms with Gasteiger partial charge < -0.3 is 10.1 Å². The number of ether oxygens (including phenoxy) is 1. The van der Waals surface area contributed by atoms with Crippen LogP contribution in [-0.2, 0) is 17.4 Å². The number of carbonyl (C=O) groups is 1. The number of rotatable bonds is 7. The SMILES string of the molecule is CC(=O)Cc1cccc(-c2nc(Nc3cccc(C(F)(F)F)c3)nc(OCC(F)(F)F)n2)c1. The lowest BCUT2D eigenvalue weighted by molar-refractivity contribution is -0.154. The van der Waals surface area contributed by atoms with Crippen molar-refractivity contribution in [2.24, 2.45) is 0 Å². The Labute approximate surface area is 183 Å². The first kappa shape index (κ1) is 24.0. The van der Waals surface area contributed by atoms with Gasteiger partial charge in [0.25, 0.3) is 0 Å². The van der Waals surface area contributed by atoms with E-state index in [0.29, 0.717) is 11.1 Å². The smallest absolute Gasteiger partial charge is 0.422 e. The summed E-state index contributed by atoms with van der Waals surface area (Å²) in [6.07, 6.45) is -9.14. The summed E-state index contributed by atoms with van der Waals surface area (Å²) in [6.45, 7) is -0.278. The number of aromatic nitrogens is 3. The molecule has 1 aromatic heterocycles. The monoisotopic (exact) mass is 470 g/mol. The van der Waals surface area contributed by atoms with E-state index in [1.165, 1.54) is 13.0 Å². The quantitative estimate of drug-likeness (QED) is 0.468. The normalized spacial score (nSPS) is 11.8. The third kappa shape index (κ3) is 7.16. The molecule has 6 nitrogen and oxygen atoms in total. The first-order valence-corrected chi connectivity index (χ1v) is 9.38. The number of benzene rings is 2. The Kier molecular flexibility index (Phi) is 6.84. The number of nitrogens with one attached hydrogen (secondary N) is 1. The van der Waals surface area contributed by atoms with Crippen LogP contribution in [0.3, 0.4) is 0 Å². The van der Waals surface area contributed by atoms with Gasteiger partial charge in [-0.3, -0.25) is 4.79 Å². The Bertz CT molecular complexity index is 1150. The van der Waals surface area contributed by atoms with E-state index < -0.39 is 30.5 Å². The number of halogens is 6. The van der Waals surface area contributed by atoms with Crippen LogP contribution in [0.1, 0.15) is 18.1 Å². The number of hydrogen-bond donors (Lipinski definition) is 1. The van der Waals surface area contributed by atoms with Crippen molar-refractivity contribution in [1.82, 2.24) is 15.0 Å².